The molecule has 3 saturated heterocycles. The number of aromatic nitrogens is 2. The standard InChI is InChI=1S/C23H32N4O3/c1-17-5-10-26(11-6-17)16-19-14-23(22(28)30-19)7-12-27(13-8-23)15-18-2-3-21(29-18)20-4-9-24-25-20/h2-4,9,17,19H,5-8,10-16H2,1H3,(H,24,25). The highest BCUT2D eigenvalue weighted by molar-refractivity contribution is 5.79. The van der Waals surface area contributed by atoms with Gasteiger partial charge >= 0.3 is 5.97 Å². The van der Waals surface area contributed by atoms with Gasteiger partial charge in [-0.05, 0) is 76.0 Å². The molecule has 30 heavy (non-hydrogen) atoms. The lowest BCUT2D eigenvalue weighted by molar-refractivity contribution is -0.151. The summed E-state index contributed by atoms with van der Waals surface area (Å²) in [4.78, 5) is 17.6. The van der Waals surface area contributed by atoms with Crippen molar-refractivity contribution in [1.29, 1.82) is 0 Å². The predicted molar refractivity (Wildman–Crippen MR) is 113 cm³/mol. The Morgan fingerprint density at radius 1 is 1.13 bits per heavy atom. The number of nitrogens with zero attached hydrogens (tertiary/aromatic N) is 3. The van der Waals surface area contributed by atoms with Gasteiger partial charge in [0.15, 0.2) is 5.76 Å². The van der Waals surface area contributed by atoms with Crippen molar-refractivity contribution >= 4 is 5.97 Å². The molecule has 1 atom stereocenters. The van der Waals surface area contributed by atoms with Crippen LogP contribution in [0.1, 0.15) is 44.8 Å². The molecule has 0 saturated carbocycles. The highest BCUT2D eigenvalue weighted by atomic mass is 16.6. The summed E-state index contributed by atoms with van der Waals surface area (Å²) in [7, 11) is 0. The number of H-pyrrole nitrogens is 1. The van der Waals surface area contributed by atoms with E-state index in [1.807, 2.05) is 18.2 Å². The first kappa shape index (κ1) is 19.8. The third-order valence-corrected chi connectivity index (χ3v) is 7.28. The van der Waals surface area contributed by atoms with E-state index < -0.39 is 0 Å². The maximum Gasteiger partial charge on any atom is 0.312 e. The number of carbonyl (C=O) groups excluding carboxylic acids is 1. The number of hydrogen-bond donors (Lipinski definition) is 1. The Kier molecular flexibility index (Phi) is 5.41. The van der Waals surface area contributed by atoms with Gasteiger partial charge in [-0.15, -0.1) is 0 Å². The smallest absolute Gasteiger partial charge is 0.312 e. The van der Waals surface area contributed by atoms with Crippen molar-refractivity contribution in [2.75, 3.05) is 32.7 Å². The van der Waals surface area contributed by atoms with E-state index in [9.17, 15) is 4.79 Å². The van der Waals surface area contributed by atoms with E-state index >= 15 is 0 Å². The van der Waals surface area contributed by atoms with Gasteiger partial charge in [-0.1, -0.05) is 6.92 Å². The predicted octanol–water partition coefficient (Wildman–Crippen LogP) is 3.30. The van der Waals surface area contributed by atoms with Crippen LogP contribution in [0.25, 0.3) is 11.5 Å². The van der Waals surface area contributed by atoms with Crippen LogP contribution in [-0.4, -0.2) is 64.8 Å². The SMILES string of the molecule is CC1CCN(CC2CC3(CCN(Cc4ccc(-c5ccn[nH]5)o4)CC3)C(=O)O2)CC1. The quantitative estimate of drug-likeness (QED) is 0.760. The van der Waals surface area contributed by atoms with Gasteiger partial charge in [-0.3, -0.25) is 19.7 Å². The third-order valence-electron chi connectivity index (χ3n) is 7.28. The van der Waals surface area contributed by atoms with Crippen LogP contribution in [0.4, 0.5) is 0 Å². The zero-order valence-electron chi connectivity index (χ0n) is 17.8. The number of cyclic esters (lactones) is 1. The van der Waals surface area contributed by atoms with Crippen LogP contribution < -0.4 is 0 Å². The number of aromatic amines is 1. The fourth-order valence-electron chi connectivity index (χ4n) is 5.24. The van der Waals surface area contributed by atoms with Gasteiger partial charge in [0.1, 0.15) is 17.6 Å². The van der Waals surface area contributed by atoms with Gasteiger partial charge in [-0.25, -0.2) is 0 Å². The Morgan fingerprint density at radius 3 is 2.67 bits per heavy atom. The molecule has 2 aromatic rings. The number of rotatable bonds is 5. The highest BCUT2D eigenvalue weighted by Gasteiger charge is 2.50. The minimum Gasteiger partial charge on any atom is -0.461 e. The minimum atomic E-state index is -0.269. The van der Waals surface area contributed by atoms with E-state index in [1.165, 1.54) is 12.8 Å². The Bertz CT molecular complexity index is 846. The lowest BCUT2D eigenvalue weighted by atomic mass is 9.76. The summed E-state index contributed by atoms with van der Waals surface area (Å²) < 4.78 is 11.8. The molecule has 1 spiro atoms. The lowest BCUT2D eigenvalue weighted by Crippen LogP contribution is -2.42. The zero-order chi connectivity index (χ0) is 20.6. The van der Waals surface area contributed by atoms with E-state index in [0.29, 0.717) is 0 Å². The number of ether oxygens (including phenoxy) is 1. The third kappa shape index (κ3) is 4.05. The van der Waals surface area contributed by atoms with Crippen molar-refractivity contribution < 1.29 is 13.9 Å². The summed E-state index contributed by atoms with van der Waals surface area (Å²) in [6.45, 7) is 8.10. The van der Waals surface area contributed by atoms with Crippen LogP contribution in [0, 0.1) is 11.3 Å². The van der Waals surface area contributed by atoms with Crippen LogP contribution in [-0.2, 0) is 16.1 Å². The van der Waals surface area contributed by atoms with E-state index in [2.05, 4.69) is 26.9 Å². The van der Waals surface area contributed by atoms with E-state index in [4.69, 9.17) is 9.15 Å². The lowest BCUT2D eigenvalue weighted by Gasteiger charge is -2.36. The number of furan rings is 1. The molecule has 5 heterocycles. The topological polar surface area (TPSA) is 74.6 Å². The Balaban J connectivity index is 1.13. The van der Waals surface area contributed by atoms with Gasteiger partial charge in [-0.2, -0.15) is 5.10 Å². The highest BCUT2D eigenvalue weighted by Crippen LogP contribution is 2.43. The first-order valence-electron chi connectivity index (χ1n) is 11.3. The van der Waals surface area contributed by atoms with Crippen molar-refractivity contribution in [3.63, 3.8) is 0 Å². The molecular formula is C23H32N4O3. The molecule has 0 amide bonds. The molecule has 3 aliphatic heterocycles. The normalized spacial score (nSPS) is 25.8. The Hall–Kier alpha value is -2.12. The molecular weight excluding hydrogens is 380 g/mol. The molecule has 2 aromatic heterocycles. The second kappa shape index (κ2) is 8.19. The van der Waals surface area contributed by atoms with Crippen LogP contribution >= 0.6 is 0 Å². The molecule has 3 aliphatic rings. The van der Waals surface area contributed by atoms with Crippen molar-refractivity contribution in [3.05, 3.63) is 30.2 Å². The average Bonchev–Trinajstić information content (AvgIpc) is 3.47. The number of piperidine rings is 2. The Morgan fingerprint density at radius 2 is 1.93 bits per heavy atom. The summed E-state index contributed by atoms with van der Waals surface area (Å²) in [6.07, 6.45) is 6.96. The molecule has 1 unspecified atom stereocenters. The summed E-state index contributed by atoms with van der Waals surface area (Å²) in [5.74, 6) is 2.62. The van der Waals surface area contributed by atoms with Gasteiger partial charge in [0.25, 0.3) is 0 Å². The number of nitrogens with one attached hydrogen (secondary N) is 1. The minimum absolute atomic E-state index is 0.0389. The molecule has 0 aliphatic carbocycles. The molecule has 7 nitrogen and oxygen atoms in total. The summed E-state index contributed by atoms with van der Waals surface area (Å²) in [5.41, 5.74) is 0.621. The van der Waals surface area contributed by atoms with Gasteiger partial charge in [0.2, 0.25) is 0 Å². The van der Waals surface area contributed by atoms with E-state index in [-0.39, 0.29) is 17.5 Å². The summed E-state index contributed by atoms with van der Waals surface area (Å²) >= 11 is 0. The summed E-state index contributed by atoms with van der Waals surface area (Å²) in [5, 5.41) is 6.91. The van der Waals surface area contributed by atoms with Crippen LogP contribution in [0.3, 0.4) is 0 Å². The van der Waals surface area contributed by atoms with Crippen LogP contribution in [0.2, 0.25) is 0 Å². The molecule has 7 heteroatoms. The molecule has 162 valence electrons. The van der Waals surface area contributed by atoms with Crippen molar-refractivity contribution in [2.24, 2.45) is 11.3 Å². The first-order valence-corrected chi connectivity index (χ1v) is 11.3. The second-order valence-corrected chi connectivity index (χ2v) is 9.51. The first-order chi connectivity index (χ1) is 14.6. The van der Waals surface area contributed by atoms with Gasteiger partial charge in [0, 0.05) is 19.2 Å². The Labute approximate surface area is 177 Å². The van der Waals surface area contributed by atoms with Crippen LogP contribution in [0.15, 0.2) is 28.8 Å². The van der Waals surface area contributed by atoms with Crippen LogP contribution in [0.5, 0.6) is 0 Å². The monoisotopic (exact) mass is 412 g/mol. The van der Waals surface area contributed by atoms with Gasteiger partial charge in [0.05, 0.1) is 12.0 Å². The number of hydrogen-bond acceptors (Lipinski definition) is 6. The second-order valence-electron chi connectivity index (χ2n) is 9.51. The number of esters is 1. The maximum atomic E-state index is 12.8. The van der Waals surface area contributed by atoms with E-state index in [1.54, 1.807) is 6.20 Å². The van der Waals surface area contributed by atoms with Gasteiger partial charge < -0.3 is 9.15 Å². The maximum absolute atomic E-state index is 12.8. The fourth-order valence-corrected chi connectivity index (χ4v) is 5.24. The molecule has 1 N–H and O–H groups in total. The molecule has 0 radical (unpaired) electrons. The summed E-state index contributed by atoms with van der Waals surface area (Å²) in [6, 6.07) is 5.91. The molecule has 5 rings (SSSR count). The van der Waals surface area contributed by atoms with Crippen molar-refractivity contribution in [1.82, 2.24) is 20.0 Å². The average molecular weight is 413 g/mol. The molecule has 0 aromatic carbocycles. The molecule has 0 bridgehead atoms. The van der Waals surface area contributed by atoms with Crippen molar-refractivity contribution in [3.8, 4) is 11.5 Å². The van der Waals surface area contributed by atoms with Crippen molar-refractivity contribution in [2.45, 2.75) is 51.7 Å². The van der Waals surface area contributed by atoms with E-state index in [0.717, 1.165) is 81.7 Å². The zero-order valence-corrected chi connectivity index (χ0v) is 17.8. The largest absolute Gasteiger partial charge is 0.461 e. The number of likely N-dealkylation sites (tertiary alicyclic amines) is 2. The number of carbonyl (C=O) groups is 1. The fraction of sp³-hybridized carbons (Fsp3) is 0.652. The molecule has 3 fully saturated rings.